The third kappa shape index (κ3) is 5.14. The number of carbonyl (C=O) groups is 2. The van der Waals surface area contributed by atoms with Crippen LogP contribution in [0.4, 0.5) is 5.69 Å². The molecule has 0 saturated carbocycles. The Morgan fingerprint density at radius 1 is 1.15 bits per heavy atom. The molecule has 1 amide bonds. The Bertz CT molecular complexity index is 802. The predicted molar refractivity (Wildman–Crippen MR) is 104 cm³/mol. The monoisotopic (exact) mass is 367 g/mol. The molecule has 0 radical (unpaired) electrons. The Labute approximate surface area is 159 Å². The number of esters is 1. The Kier molecular flexibility index (Phi) is 5.56. The average molecular weight is 367 g/mol. The maximum atomic E-state index is 12.1. The van der Waals surface area contributed by atoms with Crippen molar-refractivity contribution in [1.82, 2.24) is 10.3 Å². The number of hydrogen-bond donors (Lipinski definition) is 2. The average Bonchev–Trinajstić information content (AvgIpc) is 3.16. The molecule has 0 aliphatic carbocycles. The van der Waals surface area contributed by atoms with Crippen LogP contribution in [0.25, 0.3) is 11.3 Å². The molecule has 6 nitrogen and oxygen atoms in total. The lowest BCUT2D eigenvalue weighted by molar-refractivity contribution is -0.117. The second-order valence-electron chi connectivity index (χ2n) is 7.65. The van der Waals surface area contributed by atoms with Gasteiger partial charge in [0.05, 0.1) is 29.2 Å². The minimum Gasteiger partial charge on any atom is -0.456 e. The highest BCUT2D eigenvalue weighted by Crippen LogP contribution is 2.21. The van der Waals surface area contributed by atoms with Crippen LogP contribution in [-0.4, -0.2) is 35.0 Å². The predicted octanol–water partition coefficient (Wildman–Crippen LogP) is 3.39. The minimum atomic E-state index is -0.522. The zero-order valence-corrected chi connectivity index (χ0v) is 15.9. The van der Waals surface area contributed by atoms with Crippen LogP contribution in [-0.2, 0) is 9.53 Å². The Morgan fingerprint density at radius 3 is 2.44 bits per heavy atom. The van der Waals surface area contributed by atoms with Gasteiger partial charge < -0.3 is 15.4 Å². The van der Waals surface area contributed by atoms with E-state index in [0.29, 0.717) is 11.3 Å². The van der Waals surface area contributed by atoms with Crippen molar-refractivity contribution >= 4 is 17.6 Å². The van der Waals surface area contributed by atoms with E-state index >= 15 is 0 Å². The number of carbonyl (C=O) groups excluding carboxylic acids is 2. The summed E-state index contributed by atoms with van der Waals surface area (Å²) in [5.74, 6) is -0.371. The molecule has 2 aromatic rings. The van der Waals surface area contributed by atoms with Gasteiger partial charge in [-0.05, 0) is 64.4 Å². The van der Waals surface area contributed by atoms with E-state index in [9.17, 15) is 9.59 Å². The van der Waals surface area contributed by atoms with Crippen LogP contribution < -0.4 is 10.6 Å². The van der Waals surface area contributed by atoms with E-state index in [1.807, 2.05) is 45.0 Å². The van der Waals surface area contributed by atoms with E-state index in [2.05, 4.69) is 15.6 Å². The lowest BCUT2D eigenvalue weighted by Crippen LogP contribution is -2.35. The number of nitrogens with zero attached hydrogens (tertiary/aromatic N) is 1. The van der Waals surface area contributed by atoms with Gasteiger partial charge in [0.1, 0.15) is 5.60 Å². The van der Waals surface area contributed by atoms with Crippen LogP contribution in [0.1, 0.15) is 44.0 Å². The maximum absolute atomic E-state index is 12.1. The van der Waals surface area contributed by atoms with Crippen LogP contribution in [0.2, 0.25) is 0 Å². The van der Waals surface area contributed by atoms with Crippen molar-refractivity contribution in [3.63, 3.8) is 0 Å². The molecule has 142 valence electrons. The number of benzene rings is 1. The fourth-order valence-electron chi connectivity index (χ4n) is 2.89. The van der Waals surface area contributed by atoms with E-state index < -0.39 is 5.60 Å². The third-order valence-corrected chi connectivity index (χ3v) is 4.22. The summed E-state index contributed by atoms with van der Waals surface area (Å²) < 4.78 is 5.36. The molecule has 27 heavy (non-hydrogen) atoms. The van der Waals surface area contributed by atoms with Crippen molar-refractivity contribution in [2.45, 2.75) is 45.3 Å². The first-order valence-electron chi connectivity index (χ1n) is 9.16. The van der Waals surface area contributed by atoms with Crippen LogP contribution in [0.3, 0.4) is 0 Å². The summed E-state index contributed by atoms with van der Waals surface area (Å²) in [6.45, 7) is 6.40. The van der Waals surface area contributed by atoms with Crippen molar-refractivity contribution in [1.29, 1.82) is 0 Å². The molecule has 6 heteroatoms. The molecule has 0 unspecified atom stereocenters. The smallest absolute Gasteiger partial charge is 0.338 e. The number of hydrogen-bond acceptors (Lipinski definition) is 5. The standard InChI is InChI=1S/C21H25N3O3/c1-21(2,3)27-20(26)15-8-6-14(7-9-15)17-11-10-16(13-23-17)24-19(25)18-5-4-12-22-18/h6-11,13,18,22H,4-5,12H2,1-3H3,(H,24,25)/t18-/m1/s1. The zero-order chi connectivity index (χ0) is 19.4. The molecule has 1 aromatic heterocycles. The van der Waals surface area contributed by atoms with Gasteiger partial charge in [-0.15, -0.1) is 0 Å². The quantitative estimate of drug-likeness (QED) is 0.810. The molecule has 2 heterocycles. The second kappa shape index (κ2) is 7.88. The van der Waals surface area contributed by atoms with Gasteiger partial charge in [0.25, 0.3) is 0 Å². The van der Waals surface area contributed by atoms with Gasteiger partial charge in [0.15, 0.2) is 0 Å². The molecule has 3 rings (SSSR count). The maximum Gasteiger partial charge on any atom is 0.338 e. The molecule has 1 aliphatic heterocycles. The molecule has 0 bridgehead atoms. The number of rotatable bonds is 4. The number of ether oxygens (including phenoxy) is 1. The van der Waals surface area contributed by atoms with Gasteiger partial charge in [-0.1, -0.05) is 12.1 Å². The molecule has 1 atom stereocenters. The first-order chi connectivity index (χ1) is 12.8. The lowest BCUT2D eigenvalue weighted by Gasteiger charge is -2.19. The molecule has 1 saturated heterocycles. The lowest BCUT2D eigenvalue weighted by atomic mass is 10.1. The van der Waals surface area contributed by atoms with Crippen molar-refractivity contribution in [2.24, 2.45) is 0 Å². The fourth-order valence-corrected chi connectivity index (χ4v) is 2.89. The highest BCUT2D eigenvalue weighted by atomic mass is 16.6. The SMILES string of the molecule is CC(C)(C)OC(=O)c1ccc(-c2ccc(NC(=O)[C@H]3CCCN3)cn2)cc1. The topological polar surface area (TPSA) is 80.3 Å². The minimum absolute atomic E-state index is 0.0243. The highest BCUT2D eigenvalue weighted by Gasteiger charge is 2.22. The van der Waals surface area contributed by atoms with E-state index in [1.165, 1.54) is 0 Å². The molecule has 1 aromatic carbocycles. The van der Waals surface area contributed by atoms with Crippen LogP contribution in [0, 0.1) is 0 Å². The second-order valence-corrected chi connectivity index (χ2v) is 7.65. The van der Waals surface area contributed by atoms with Crippen molar-refractivity contribution in [3.8, 4) is 11.3 Å². The summed E-state index contributed by atoms with van der Waals surface area (Å²) in [6, 6.07) is 10.7. The van der Waals surface area contributed by atoms with Gasteiger partial charge in [-0.3, -0.25) is 9.78 Å². The summed E-state index contributed by atoms with van der Waals surface area (Å²) >= 11 is 0. The van der Waals surface area contributed by atoms with Crippen molar-refractivity contribution in [3.05, 3.63) is 48.2 Å². The zero-order valence-electron chi connectivity index (χ0n) is 15.9. The summed E-state index contributed by atoms with van der Waals surface area (Å²) in [5.41, 5.74) is 2.30. The van der Waals surface area contributed by atoms with Crippen LogP contribution >= 0.6 is 0 Å². The first kappa shape index (κ1) is 19.0. The number of amides is 1. The van der Waals surface area contributed by atoms with E-state index in [4.69, 9.17) is 4.74 Å². The Hall–Kier alpha value is -2.73. The summed E-state index contributed by atoms with van der Waals surface area (Å²) in [6.07, 6.45) is 3.53. The normalized spacial score (nSPS) is 16.8. The van der Waals surface area contributed by atoms with E-state index in [-0.39, 0.29) is 17.9 Å². The van der Waals surface area contributed by atoms with Crippen molar-refractivity contribution < 1.29 is 14.3 Å². The first-order valence-corrected chi connectivity index (χ1v) is 9.16. The van der Waals surface area contributed by atoms with E-state index in [1.54, 1.807) is 18.3 Å². The summed E-state index contributed by atoms with van der Waals surface area (Å²) in [5, 5.41) is 6.06. The molecule has 1 fully saturated rings. The van der Waals surface area contributed by atoms with Crippen LogP contribution in [0.15, 0.2) is 42.6 Å². The largest absolute Gasteiger partial charge is 0.456 e. The number of anilines is 1. The van der Waals surface area contributed by atoms with Gasteiger partial charge in [0, 0.05) is 5.56 Å². The molecule has 0 spiro atoms. The van der Waals surface area contributed by atoms with Gasteiger partial charge in [-0.25, -0.2) is 4.79 Å². The van der Waals surface area contributed by atoms with E-state index in [0.717, 1.165) is 30.6 Å². The number of pyridine rings is 1. The van der Waals surface area contributed by atoms with Gasteiger partial charge in [-0.2, -0.15) is 0 Å². The highest BCUT2D eigenvalue weighted by molar-refractivity contribution is 5.95. The molecule has 2 N–H and O–H groups in total. The number of aromatic nitrogens is 1. The van der Waals surface area contributed by atoms with Gasteiger partial charge in [0.2, 0.25) is 5.91 Å². The summed E-state index contributed by atoms with van der Waals surface area (Å²) in [7, 11) is 0. The molecule has 1 aliphatic rings. The summed E-state index contributed by atoms with van der Waals surface area (Å²) in [4.78, 5) is 28.6. The van der Waals surface area contributed by atoms with Gasteiger partial charge >= 0.3 is 5.97 Å². The fraction of sp³-hybridized carbons (Fsp3) is 0.381. The molecular formula is C21H25N3O3. The van der Waals surface area contributed by atoms with Crippen LogP contribution in [0.5, 0.6) is 0 Å². The van der Waals surface area contributed by atoms with Crippen molar-refractivity contribution in [2.75, 3.05) is 11.9 Å². The Morgan fingerprint density at radius 2 is 1.89 bits per heavy atom. The molecular weight excluding hydrogens is 342 g/mol. The third-order valence-electron chi connectivity index (χ3n) is 4.22. The Balaban J connectivity index is 1.64. The number of nitrogens with one attached hydrogen (secondary N) is 2.